The summed E-state index contributed by atoms with van der Waals surface area (Å²) in [7, 11) is 1.57. The number of rotatable bonds is 3. The lowest BCUT2D eigenvalue weighted by atomic mass is 9.92. The number of methoxy groups -OCH3 is 1. The predicted octanol–water partition coefficient (Wildman–Crippen LogP) is 2.80. The molecule has 0 radical (unpaired) electrons. The summed E-state index contributed by atoms with van der Waals surface area (Å²) in [6.45, 7) is 3.61. The zero-order chi connectivity index (χ0) is 14.0. The van der Waals surface area contributed by atoms with Crippen LogP contribution in [0.4, 0.5) is 5.69 Å². The molecule has 0 saturated carbocycles. The van der Waals surface area contributed by atoms with Gasteiger partial charge in [-0.1, -0.05) is 13.3 Å². The number of hydrogen-bond donors (Lipinski definition) is 0. The van der Waals surface area contributed by atoms with E-state index in [0.717, 1.165) is 12.8 Å². The number of Topliss-reactive ketones (excluding diaryl/α,β-unsaturated/α-hetero) is 1. The largest absolute Gasteiger partial charge is 0.497 e. The zero-order valence-electron chi connectivity index (χ0n) is 11.6. The molecule has 4 heteroatoms. The van der Waals surface area contributed by atoms with Crippen molar-refractivity contribution < 1.29 is 14.3 Å². The van der Waals surface area contributed by atoms with Crippen LogP contribution >= 0.6 is 0 Å². The first-order chi connectivity index (χ1) is 9.08. The van der Waals surface area contributed by atoms with Crippen molar-refractivity contribution in [2.24, 2.45) is 0 Å². The lowest BCUT2D eigenvalue weighted by Crippen LogP contribution is -2.44. The minimum absolute atomic E-state index is 0.0163. The number of ether oxygens (including phenoxy) is 1. The summed E-state index contributed by atoms with van der Waals surface area (Å²) in [5.74, 6) is 0.715. The van der Waals surface area contributed by atoms with Crippen LogP contribution in [0.3, 0.4) is 0 Å². The maximum Gasteiger partial charge on any atom is 0.224 e. The highest BCUT2D eigenvalue weighted by atomic mass is 16.5. The molecule has 0 unspecified atom stereocenters. The van der Waals surface area contributed by atoms with Crippen LogP contribution in [0, 0.1) is 0 Å². The second kappa shape index (κ2) is 5.43. The Labute approximate surface area is 113 Å². The number of nitrogens with zero attached hydrogens (tertiary/aromatic N) is 1. The van der Waals surface area contributed by atoms with Crippen molar-refractivity contribution >= 4 is 17.4 Å². The molecule has 1 atom stereocenters. The van der Waals surface area contributed by atoms with Crippen molar-refractivity contribution in [2.75, 3.05) is 12.0 Å². The van der Waals surface area contributed by atoms with Crippen LogP contribution < -0.4 is 9.64 Å². The summed E-state index contributed by atoms with van der Waals surface area (Å²) in [4.78, 5) is 25.9. The summed E-state index contributed by atoms with van der Waals surface area (Å²) in [6, 6.07) is 5.29. The number of ketones is 1. The number of benzene rings is 1. The molecule has 4 nitrogen and oxygen atoms in total. The van der Waals surface area contributed by atoms with Gasteiger partial charge in [0.25, 0.3) is 0 Å². The molecule has 0 fully saturated rings. The zero-order valence-corrected chi connectivity index (χ0v) is 11.6. The lowest BCUT2D eigenvalue weighted by Gasteiger charge is -2.36. The third kappa shape index (κ3) is 2.48. The Hall–Kier alpha value is -1.84. The molecule has 0 aromatic heterocycles. The number of fused-ring (bicyclic) bond motifs is 1. The monoisotopic (exact) mass is 261 g/mol. The van der Waals surface area contributed by atoms with Gasteiger partial charge in [-0.25, -0.2) is 0 Å². The highest BCUT2D eigenvalue weighted by Crippen LogP contribution is 2.34. The molecule has 0 N–H and O–H groups in total. The Balaban J connectivity index is 2.48. The van der Waals surface area contributed by atoms with Crippen LogP contribution in [-0.4, -0.2) is 24.8 Å². The minimum Gasteiger partial charge on any atom is -0.497 e. The minimum atomic E-state index is -0.0177. The number of anilines is 1. The van der Waals surface area contributed by atoms with Crippen LogP contribution in [-0.2, 0) is 4.79 Å². The van der Waals surface area contributed by atoms with Gasteiger partial charge in [-0.15, -0.1) is 0 Å². The van der Waals surface area contributed by atoms with E-state index in [9.17, 15) is 9.59 Å². The third-order valence-corrected chi connectivity index (χ3v) is 3.51. The van der Waals surface area contributed by atoms with Gasteiger partial charge in [-0.3, -0.25) is 9.59 Å². The molecule has 1 aromatic rings. The van der Waals surface area contributed by atoms with E-state index in [1.807, 2.05) is 0 Å². The smallest absolute Gasteiger partial charge is 0.224 e. The third-order valence-electron chi connectivity index (χ3n) is 3.51. The molecule has 1 heterocycles. The molecule has 1 aliphatic rings. The highest BCUT2D eigenvalue weighted by molar-refractivity contribution is 6.09. The molecular weight excluding hydrogens is 242 g/mol. The van der Waals surface area contributed by atoms with Gasteiger partial charge in [-0.05, 0) is 24.6 Å². The average molecular weight is 261 g/mol. The first-order valence-corrected chi connectivity index (χ1v) is 6.59. The molecule has 102 valence electrons. The van der Waals surface area contributed by atoms with Gasteiger partial charge in [0.15, 0.2) is 5.78 Å². The highest BCUT2D eigenvalue weighted by Gasteiger charge is 2.33. The van der Waals surface area contributed by atoms with E-state index in [4.69, 9.17) is 4.74 Å². The number of amides is 1. The lowest BCUT2D eigenvalue weighted by molar-refractivity contribution is -0.117. The molecule has 1 aromatic carbocycles. The second-order valence-corrected chi connectivity index (χ2v) is 4.84. The van der Waals surface area contributed by atoms with Crippen molar-refractivity contribution in [3.63, 3.8) is 0 Å². The molecule has 19 heavy (non-hydrogen) atoms. The van der Waals surface area contributed by atoms with E-state index in [1.165, 1.54) is 0 Å². The van der Waals surface area contributed by atoms with E-state index >= 15 is 0 Å². The second-order valence-electron chi connectivity index (χ2n) is 4.84. The van der Waals surface area contributed by atoms with E-state index in [1.54, 1.807) is 37.1 Å². The Bertz CT molecular complexity index is 510. The number of carbonyl (C=O) groups excluding carboxylic acids is 2. The molecule has 1 aliphatic heterocycles. The van der Waals surface area contributed by atoms with Crippen LogP contribution in [0.2, 0.25) is 0 Å². The van der Waals surface area contributed by atoms with Crippen molar-refractivity contribution in [1.82, 2.24) is 0 Å². The predicted molar refractivity (Wildman–Crippen MR) is 73.8 cm³/mol. The van der Waals surface area contributed by atoms with Crippen molar-refractivity contribution in [3.05, 3.63) is 23.8 Å². The summed E-state index contributed by atoms with van der Waals surface area (Å²) in [5, 5.41) is 0. The standard InChI is InChI=1S/C15H19NO3/c1-4-5-11-8-15(18)13-9-12(19-3)6-7-14(13)16(11)10(2)17/h6-7,9,11H,4-5,8H2,1-3H3/t11-/m1/s1. The number of carbonyl (C=O) groups is 2. The van der Waals surface area contributed by atoms with E-state index in [2.05, 4.69) is 6.92 Å². The summed E-state index contributed by atoms with van der Waals surface area (Å²) in [6.07, 6.45) is 2.19. The summed E-state index contributed by atoms with van der Waals surface area (Å²) >= 11 is 0. The van der Waals surface area contributed by atoms with Crippen LogP contribution in [0.25, 0.3) is 0 Å². The molecule has 2 rings (SSSR count). The van der Waals surface area contributed by atoms with Gasteiger partial charge in [0.05, 0.1) is 12.8 Å². The van der Waals surface area contributed by atoms with Gasteiger partial charge in [0, 0.05) is 24.9 Å². The van der Waals surface area contributed by atoms with Gasteiger partial charge < -0.3 is 9.64 Å². The Morgan fingerprint density at radius 1 is 1.47 bits per heavy atom. The molecule has 1 amide bonds. The van der Waals surface area contributed by atoms with Gasteiger partial charge >= 0.3 is 0 Å². The molecular formula is C15H19NO3. The van der Waals surface area contributed by atoms with Crippen LogP contribution in [0.5, 0.6) is 5.75 Å². The summed E-state index contributed by atoms with van der Waals surface area (Å²) < 4.78 is 5.14. The quantitative estimate of drug-likeness (QED) is 0.840. The Morgan fingerprint density at radius 2 is 2.21 bits per heavy atom. The van der Waals surface area contributed by atoms with Crippen LogP contribution in [0.1, 0.15) is 43.5 Å². The Kier molecular flexibility index (Phi) is 3.88. The average Bonchev–Trinajstić information content (AvgIpc) is 2.38. The van der Waals surface area contributed by atoms with Crippen molar-refractivity contribution in [1.29, 1.82) is 0 Å². The molecule has 0 spiro atoms. The van der Waals surface area contributed by atoms with E-state index < -0.39 is 0 Å². The SMILES string of the molecule is CCC[C@@H]1CC(=O)c2cc(OC)ccc2N1C(C)=O. The van der Waals surface area contributed by atoms with E-state index in [-0.39, 0.29) is 17.7 Å². The number of hydrogen-bond acceptors (Lipinski definition) is 3. The fourth-order valence-electron chi connectivity index (χ4n) is 2.68. The maximum atomic E-state index is 12.2. The van der Waals surface area contributed by atoms with Crippen LogP contribution in [0.15, 0.2) is 18.2 Å². The fraction of sp³-hybridized carbons (Fsp3) is 0.467. The maximum absolute atomic E-state index is 12.2. The first-order valence-electron chi connectivity index (χ1n) is 6.59. The summed E-state index contributed by atoms with van der Waals surface area (Å²) in [5.41, 5.74) is 1.30. The molecule has 0 aliphatic carbocycles. The van der Waals surface area contributed by atoms with Crippen molar-refractivity contribution in [3.8, 4) is 5.75 Å². The normalized spacial score (nSPS) is 18.2. The van der Waals surface area contributed by atoms with Gasteiger partial charge in [-0.2, -0.15) is 0 Å². The van der Waals surface area contributed by atoms with Crippen molar-refractivity contribution in [2.45, 2.75) is 39.2 Å². The Morgan fingerprint density at radius 3 is 2.79 bits per heavy atom. The topological polar surface area (TPSA) is 46.6 Å². The molecule has 0 bridgehead atoms. The molecule has 0 saturated heterocycles. The van der Waals surface area contributed by atoms with Gasteiger partial charge in [0.2, 0.25) is 5.91 Å². The first kappa shape index (κ1) is 13.6. The fourth-order valence-corrected chi connectivity index (χ4v) is 2.68. The van der Waals surface area contributed by atoms with E-state index in [0.29, 0.717) is 23.4 Å². The van der Waals surface area contributed by atoms with Gasteiger partial charge in [0.1, 0.15) is 5.75 Å².